The van der Waals surface area contributed by atoms with E-state index in [1.54, 1.807) is 6.92 Å². The van der Waals surface area contributed by atoms with E-state index in [9.17, 15) is 10.1 Å². The monoisotopic (exact) mass is 293 g/mol. The molecular weight excluding hydrogens is 278 g/mol. The minimum Gasteiger partial charge on any atom is -0.385 e. The highest BCUT2D eigenvalue weighted by Gasteiger charge is 2.12. The molecule has 0 aliphatic rings. The standard InChI is InChI=1S/C12H15N5O2S/c1-3-4-13-9-5-10(17(18)19)7-11(6-9)20-12-14-8(2)15-16-12/h5-7,13H,3-4H2,1-2H3,(H,14,15,16). The van der Waals surface area contributed by atoms with Crippen molar-refractivity contribution >= 4 is 23.1 Å². The van der Waals surface area contributed by atoms with Gasteiger partial charge < -0.3 is 5.32 Å². The second kappa shape index (κ2) is 6.38. The van der Waals surface area contributed by atoms with E-state index in [-0.39, 0.29) is 5.69 Å². The molecule has 0 saturated heterocycles. The fourth-order valence-corrected chi connectivity index (χ4v) is 2.44. The predicted octanol–water partition coefficient (Wildman–Crippen LogP) is 2.99. The molecule has 1 heterocycles. The number of anilines is 1. The van der Waals surface area contributed by atoms with Gasteiger partial charge in [0.2, 0.25) is 5.16 Å². The van der Waals surface area contributed by atoms with Crippen molar-refractivity contribution in [2.24, 2.45) is 0 Å². The number of nitro groups is 1. The first kappa shape index (κ1) is 14.3. The van der Waals surface area contributed by atoms with Gasteiger partial charge in [0.25, 0.3) is 5.69 Å². The summed E-state index contributed by atoms with van der Waals surface area (Å²) in [5, 5.41) is 21.4. The number of aromatic amines is 1. The normalized spacial score (nSPS) is 10.5. The second-order valence-electron chi connectivity index (χ2n) is 4.20. The van der Waals surface area contributed by atoms with E-state index in [1.165, 1.54) is 23.9 Å². The number of non-ortho nitro benzene ring substituents is 1. The van der Waals surface area contributed by atoms with E-state index in [4.69, 9.17) is 0 Å². The van der Waals surface area contributed by atoms with Gasteiger partial charge in [0.1, 0.15) is 5.82 Å². The molecule has 0 amide bonds. The van der Waals surface area contributed by atoms with Crippen LogP contribution in [0.2, 0.25) is 0 Å². The number of nitro benzene ring substituents is 1. The van der Waals surface area contributed by atoms with Crippen LogP contribution in [-0.4, -0.2) is 26.6 Å². The molecule has 2 rings (SSSR count). The van der Waals surface area contributed by atoms with Crippen molar-refractivity contribution in [1.82, 2.24) is 15.2 Å². The topological polar surface area (TPSA) is 96.7 Å². The molecule has 2 N–H and O–H groups in total. The highest BCUT2D eigenvalue weighted by atomic mass is 32.2. The Kier molecular flexibility index (Phi) is 4.57. The third kappa shape index (κ3) is 3.70. The summed E-state index contributed by atoms with van der Waals surface area (Å²) in [6.07, 6.45) is 0.950. The summed E-state index contributed by atoms with van der Waals surface area (Å²) >= 11 is 1.29. The number of nitrogens with one attached hydrogen (secondary N) is 2. The van der Waals surface area contributed by atoms with Gasteiger partial charge in [-0.15, -0.1) is 5.10 Å². The number of rotatable bonds is 6. The SMILES string of the molecule is CCCNc1cc(Sc2n[nH]c(C)n2)cc([N+](=O)[O-])c1. The van der Waals surface area contributed by atoms with Crippen LogP contribution in [0.15, 0.2) is 28.3 Å². The summed E-state index contributed by atoms with van der Waals surface area (Å²) < 4.78 is 0. The Bertz CT molecular complexity index is 614. The zero-order valence-electron chi connectivity index (χ0n) is 11.2. The maximum Gasteiger partial charge on any atom is 0.272 e. The van der Waals surface area contributed by atoms with Crippen molar-refractivity contribution in [2.45, 2.75) is 30.3 Å². The van der Waals surface area contributed by atoms with E-state index in [1.807, 2.05) is 13.0 Å². The van der Waals surface area contributed by atoms with Crippen LogP contribution in [0.5, 0.6) is 0 Å². The van der Waals surface area contributed by atoms with Gasteiger partial charge in [-0.25, -0.2) is 4.98 Å². The van der Waals surface area contributed by atoms with E-state index in [0.29, 0.717) is 11.0 Å². The first-order valence-corrected chi connectivity index (χ1v) is 7.00. The molecule has 106 valence electrons. The van der Waals surface area contributed by atoms with Gasteiger partial charge in [-0.2, -0.15) is 0 Å². The highest BCUT2D eigenvalue weighted by molar-refractivity contribution is 7.99. The lowest BCUT2D eigenvalue weighted by Gasteiger charge is -2.06. The molecule has 0 bridgehead atoms. The number of hydrogen-bond donors (Lipinski definition) is 2. The molecule has 0 spiro atoms. The Hall–Kier alpha value is -2.09. The molecule has 0 atom stereocenters. The number of benzene rings is 1. The lowest BCUT2D eigenvalue weighted by atomic mass is 10.2. The van der Waals surface area contributed by atoms with Gasteiger partial charge in [-0.1, -0.05) is 6.92 Å². The molecule has 20 heavy (non-hydrogen) atoms. The van der Waals surface area contributed by atoms with Crippen molar-refractivity contribution in [2.75, 3.05) is 11.9 Å². The summed E-state index contributed by atoms with van der Waals surface area (Å²) in [5.41, 5.74) is 0.789. The van der Waals surface area contributed by atoms with Gasteiger partial charge in [-0.05, 0) is 31.2 Å². The molecule has 2 aromatic rings. The van der Waals surface area contributed by atoms with Crippen molar-refractivity contribution in [1.29, 1.82) is 0 Å². The van der Waals surface area contributed by atoms with E-state index >= 15 is 0 Å². The molecule has 7 nitrogen and oxygen atoms in total. The first-order valence-electron chi connectivity index (χ1n) is 6.18. The van der Waals surface area contributed by atoms with Crippen molar-refractivity contribution in [3.63, 3.8) is 0 Å². The number of H-pyrrole nitrogens is 1. The highest BCUT2D eigenvalue weighted by Crippen LogP contribution is 2.31. The molecule has 0 unspecified atom stereocenters. The van der Waals surface area contributed by atoms with Gasteiger partial charge in [-0.3, -0.25) is 15.2 Å². The lowest BCUT2D eigenvalue weighted by Crippen LogP contribution is -2.00. The third-order valence-corrected chi connectivity index (χ3v) is 3.30. The van der Waals surface area contributed by atoms with Crippen molar-refractivity contribution in [3.8, 4) is 0 Å². The fourth-order valence-electron chi connectivity index (χ4n) is 1.59. The fraction of sp³-hybridized carbons (Fsp3) is 0.333. The van der Waals surface area contributed by atoms with Crippen LogP contribution in [0, 0.1) is 17.0 Å². The summed E-state index contributed by atoms with van der Waals surface area (Å²) in [6.45, 7) is 4.61. The number of nitrogens with zero attached hydrogens (tertiary/aromatic N) is 3. The van der Waals surface area contributed by atoms with Crippen LogP contribution >= 0.6 is 11.8 Å². The second-order valence-corrected chi connectivity index (χ2v) is 5.25. The average Bonchev–Trinajstić information content (AvgIpc) is 2.81. The van der Waals surface area contributed by atoms with Crippen LogP contribution in [0.4, 0.5) is 11.4 Å². The van der Waals surface area contributed by atoms with Gasteiger partial charge in [0.15, 0.2) is 0 Å². The van der Waals surface area contributed by atoms with E-state index in [2.05, 4.69) is 20.5 Å². The average molecular weight is 293 g/mol. The molecule has 8 heteroatoms. The third-order valence-electron chi connectivity index (χ3n) is 2.47. The maximum atomic E-state index is 11.0. The van der Waals surface area contributed by atoms with E-state index < -0.39 is 4.92 Å². The molecule has 0 aliphatic heterocycles. The quantitative estimate of drug-likeness (QED) is 0.627. The minimum atomic E-state index is -0.398. The molecule has 1 aromatic carbocycles. The molecule has 1 aromatic heterocycles. The van der Waals surface area contributed by atoms with Crippen LogP contribution in [0.3, 0.4) is 0 Å². The van der Waals surface area contributed by atoms with Crippen molar-refractivity contribution < 1.29 is 4.92 Å². The summed E-state index contributed by atoms with van der Waals surface area (Å²) in [5.74, 6) is 0.710. The first-order chi connectivity index (χ1) is 9.58. The smallest absolute Gasteiger partial charge is 0.272 e. The Morgan fingerprint density at radius 3 is 2.85 bits per heavy atom. The van der Waals surface area contributed by atoms with Crippen LogP contribution in [0.1, 0.15) is 19.2 Å². The van der Waals surface area contributed by atoms with Gasteiger partial charge >= 0.3 is 0 Å². The Morgan fingerprint density at radius 2 is 2.25 bits per heavy atom. The number of aromatic nitrogens is 3. The summed E-state index contributed by atoms with van der Waals surface area (Å²) in [7, 11) is 0. The Labute approximate surface area is 120 Å². The maximum absolute atomic E-state index is 11.0. The Balaban J connectivity index is 2.26. The molecule has 0 aliphatic carbocycles. The number of hydrogen-bond acceptors (Lipinski definition) is 6. The zero-order valence-corrected chi connectivity index (χ0v) is 12.0. The van der Waals surface area contributed by atoms with Gasteiger partial charge in [0, 0.05) is 29.3 Å². The largest absolute Gasteiger partial charge is 0.385 e. The zero-order chi connectivity index (χ0) is 14.5. The Morgan fingerprint density at radius 1 is 1.45 bits per heavy atom. The van der Waals surface area contributed by atoms with Crippen LogP contribution in [-0.2, 0) is 0 Å². The van der Waals surface area contributed by atoms with Crippen molar-refractivity contribution in [3.05, 3.63) is 34.1 Å². The predicted molar refractivity (Wildman–Crippen MR) is 77.1 cm³/mol. The summed E-state index contributed by atoms with van der Waals surface area (Å²) in [6, 6.07) is 4.91. The van der Waals surface area contributed by atoms with Crippen LogP contribution < -0.4 is 5.32 Å². The molecular formula is C12H15N5O2S. The lowest BCUT2D eigenvalue weighted by molar-refractivity contribution is -0.385. The van der Waals surface area contributed by atoms with Crippen LogP contribution in [0.25, 0.3) is 0 Å². The number of aryl methyl sites for hydroxylation is 1. The molecule has 0 saturated carbocycles. The molecule has 0 fully saturated rings. The van der Waals surface area contributed by atoms with E-state index in [0.717, 1.165) is 23.5 Å². The molecule has 0 radical (unpaired) electrons. The van der Waals surface area contributed by atoms with Gasteiger partial charge in [0.05, 0.1) is 4.92 Å². The summed E-state index contributed by atoms with van der Waals surface area (Å²) in [4.78, 5) is 15.5. The minimum absolute atomic E-state index is 0.0564.